The van der Waals surface area contributed by atoms with E-state index in [-0.39, 0.29) is 11.8 Å². The Labute approximate surface area is 125 Å². The number of aromatic nitrogens is 1. The van der Waals surface area contributed by atoms with E-state index >= 15 is 0 Å². The van der Waals surface area contributed by atoms with Crippen molar-refractivity contribution in [2.24, 2.45) is 11.7 Å². The van der Waals surface area contributed by atoms with Crippen molar-refractivity contribution in [2.45, 2.75) is 26.3 Å². The van der Waals surface area contributed by atoms with E-state index in [2.05, 4.69) is 15.2 Å². The molecule has 0 radical (unpaired) electrons. The molecule has 0 bridgehead atoms. The van der Waals surface area contributed by atoms with Gasteiger partial charge in [0.15, 0.2) is 0 Å². The van der Waals surface area contributed by atoms with E-state index in [9.17, 15) is 4.79 Å². The molecule has 0 unspecified atom stereocenters. The highest BCUT2D eigenvalue weighted by molar-refractivity contribution is 5.94. The second kappa shape index (κ2) is 7.38. The van der Waals surface area contributed by atoms with Crippen LogP contribution in [0.15, 0.2) is 18.3 Å². The van der Waals surface area contributed by atoms with Crippen LogP contribution in [0.4, 0.5) is 11.5 Å². The average molecular weight is 292 g/mol. The van der Waals surface area contributed by atoms with Crippen LogP contribution in [-0.2, 0) is 9.53 Å². The van der Waals surface area contributed by atoms with Gasteiger partial charge in [-0.3, -0.25) is 4.79 Å². The molecule has 1 saturated heterocycles. The predicted molar refractivity (Wildman–Crippen MR) is 83.3 cm³/mol. The van der Waals surface area contributed by atoms with Crippen LogP contribution in [0.1, 0.15) is 20.3 Å². The zero-order valence-corrected chi connectivity index (χ0v) is 12.7. The summed E-state index contributed by atoms with van der Waals surface area (Å²) in [5.41, 5.74) is 6.59. The minimum Gasteiger partial charge on any atom is -0.378 e. The summed E-state index contributed by atoms with van der Waals surface area (Å²) in [6.45, 7) is 7.14. The summed E-state index contributed by atoms with van der Waals surface area (Å²) >= 11 is 0. The van der Waals surface area contributed by atoms with Crippen LogP contribution >= 0.6 is 0 Å². The normalized spacial score (nSPS) is 18.1. The van der Waals surface area contributed by atoms with Crippen LogP contribution in [0.5, 0.6) is 0 Å². The Morgan fingerprint density at radius 2 is 2.19 bits per heavy atom. The van der Waals surface area contributed by atoms with E-state index in [0.29, 0.717) is 5.69 Å². The highest BCUT2D eigenvalue weighted by Gasteiger charge is 2.19. The molecule has 1 aliphatic heterocycles. The number of nitrogens with two attached hydrogens (primary N) is 1. The van der Waals surface area contributed by atoms with Crippen molar-refractivity contribution < 1.29 is 9.53 Å². The van der Waals surface area contributed by atoms with Crippen molar-refractivity contribution in [3.8, 4) is 0 Å². The maximum Gasteiger partial charge on any atom is 0.241 e. The molecule has 1 amide bonds. The molecule has 2 heterocycles. The van der Waals surface area contributed by atoms with Gasteiger partial charge in [-0.05, 0) is 18.1 Å². The minimum absolute atomic E-state index is 0.158. The van der Waals surface area contributed by atoms with Gasteiger partial charge in [-0.15, -0.1) is 0 Å². The Hall–Kier alpha value is -1.66. The van der Waals surface area contributed by atoms with E-state index in [1.807, 2.05) is 26.0 Å². The van der Waals surface area contributed by atoms with E-state index in [1.165, 1.54) is 0 Å². The number of ether oxygens (including phenoxy) is 1. The summed E-state index contributed by atoms with van der Waals surface area (Å²) in [4.78, 5) is 18.6. The summed E-state index contributed by atoms with van der Waals surface area (Å²) < 4.78 is 5.32. The lowest BCUT2D eigenvalue weighted by atomic mass is 9.99. The number of carbonyl (C=O) groups excluding carboxylic acids is 1. The first-order valence-corrected chi connectivity index (χ1v) is 7.47. The third-order valence-corrected chi connectivity index (χ3v) is 3.91. The van der Waals surface area contributed by atoms with E-state index in [4.69, 9.17) is 10.5 Å². The highest BCUT2D eigenvalue weighted by Crippen LogP contribution is 2.16. The predicted octanol–water partition coefficient (Wildman–Crippen LogP) is 1.23. The standard InChI is InChI=1S/C15H24N4O2/c1-3-11(2)14(16)15(20)18-12-4-5-13(17-10-12)19-6-8-21-9-7-19/h4-5,10-11,14H,3,6-9,16H2,1-2H3,(H,18,20)/t11-,14-/m0/s1. The Balaban J connectivity index is 1.94. The lowest BCUT2D eigenvalue weighted by Crippen LogP contribution is -2.40. The Kier molecular flexibility index (Phi) is 5.52. The van der Waals surface area contributed by atoms with Gasteiger partial charge in [0.2, 0.25) is 5.91 Å². The molecule has 0 saturated carbocycles. The second-order valence-corrected chi connectivity index (χ2v) is 5.41. The second-order valence-electron chi connectivity index (χ2n) is 5.41. The number of amides is 1. The molecule has 6 heteroatoms. The van der Waals surface area contributed by atoms with Crippen LogP contribution in [0.25, 0.3) is 0 Å². The zero-order chi connectivity index (χ0) is 15.2. The van der Waals surface area contributed by atoms with E-state index in [1.54, 1.807) is 6.20 Å². The quantitative estimate of drug-likeness (QED) is 0.853. The summed E-state index contributed by atoms with van der Waals surface area (Å²) in [6.07, 6.45) is 2.55. The molecule has 0 aliphatic carbocycles. The summed E-state index contributed by atoms with van der Waals surface area (Å²) in [5, 5.41) is 2.82. The van der Waals surface area contributed by atoms with E-state index in [0.717, 1.165) is 38.5 Å². The number of rotatable bonds is 5. The first-order chi connectivity index (χ1) is 10.1. The molecular formula is C15H24N4O2. The lowest BCUT2D eigenvalue weighted by molar-refractivity contribution is -0.118. The van der Waals surface area contributed by atoms with Crippen LogP contribution in [-0.4, -0.2) is 43.2 Å². The van der Waals surface area contributed by atoms with E-state index < -0.39 is 6.04 Å². The topological polar surface area (TPSA) is 80.5 Å². The number of anilines is 2. The van der Waals surface area contributed by atoms with Crippen LogP contribution < -0.4 is 16.0 Å². The Morgan fingerprint density at radius 3 is 2.76 bits per heavy atom. The summed E-state index contributed by atoms with van der Waals surface area (Å²) in [7, 11) is 0. The minimum atomic E-state index is -0.492. The summed E-state index contributed by atoms with van der Waals surface area (Å²) in [6, 6.07) is 3.28. The first-order valence-electron chi connectivity index (χ1n) is 7.47. The molecular weight excluding hydrogens is 268 g/mol. The number of carbonyl (C=O) groups is 1. The molecule has 1 aromatic heterocycles. The van der Waals surface area contributed by atoms with Gasteiger partial charge in [0.25, 0.3) is 0 Å². The van der Waals surface area contributed by atoms with Crippen LogP contribution in [0.3, 0.4) is 0 Å². The van der Waals surface area contributed by atoms with Crippen molar-refractivity contribution in [1.82, 2.24) is 4.98 Å². The smallest absolute Gasteiger partial charge is 0.241 e. The fourth-order valence-corrected chi connectivity index (χ4v) is 2.18. The lowest BCUT2D eigenvalue weighted by Gasteiger charge is -2.27. The fourth-order valence-electron chi connectivity index (χ4n) is 2.18. The molecule has 3 N–H and O–H groups in total. The van der Waals surface area contributed by atoms with Crippen molar-refractivity contribution >= 4 is 17.4 Å². The van der Waals surface area contributed by atoms with Crippen molar-refractivity contribution in [3.05, 3.63) is 18.3 Å². The fraction of sp³-hybridized carbons (Fsp3) is 0.600. The van der Waals surface area contributed by atoms with Gasteiger partial charge in [0.1, 0.15) is 5.82 Å². The van der Waals surface area contributed by atoms with Gasteiger partial charge in [-0.25, -0.2) is 4.98 Å². The van der Waals surface area contributed by atoms with Crippen LogP contribution in [0.2, 0.25) is 0 Å². The van der Waals surface area contributed by atoms with Gasteiger partial charge in [-0.2, -0.15) is 0 Å². The number of nitrogens with zero attached hydrogens (tertiary/aromatic N) is 2. The highest BCUT2D eigenvalue weighted by atomic mass is 16.5. The van der Waals surface area contributed by atoms with Gasteiger partial charge >= 0.3 is 0 Å². The average Bonchev–Trinajstić information content (AvgIpc) is 2.54. The molecule has 1 aliphatic rings. The molecule has 1 aromatic rings. The molecule has 116 valence electrons. The van der Waals surface area contributed by atoms with Gasteiger partial charge in [0.05, 0.1) is 31.1 Å². The molecule has 2 atom stereocenters. The van der Waals surface area contributed by atoms with Gasteiger partial charge < -0.3 is 20.7 Å². The number of hydrogen-bond acceptors (Lipinski definition) is 5. The molecule has 21 heavy (non-hydrogen) atoms. The van der Waals surface area contributed by atoms with Crippen molar-refractivity contribution in [2.75, 3.05) is 36.5 Å². The van der Waals surface area contributed by atoms with Gasteiger partial charge in [-0.1, -0.05) is 20.3 Å². The van der Waals surface area contributed by atoms with Gasteiger partial charge in [0, 0.05) is 13.1 Å². The first kappa shape index (κ1) is 15.7. The van der Waals surface area contributed by atoms with Crippen molar-refractivity contribution in [3.63, 3.8) is 0 Å². The monoisotopic (exact) mass is 292 g/mol. The maximum absolute atomic E-state index is 12.0. The largest absolute Gasteiger partial charge is 0.378 e. The van der Waals surface area contributed by atoms with Crippen molar-refractivity contribution in [1.29, 1.82) is 0 Å². The third kappa shape index (κ3) is 4.15. The zero-order valence-electron chi connectivity index (χ0n) is 12.7. The molecule has 1 fully saturated rings. The molecule has 6 nitrogen and oxygen atoms in total. The molecule has 2 rings (SSSR count). The summed E-state index contributed by atoms with van der Waals surface area (Å²) in [5.74, 6) is 0.901. The molecule has 0 aromatic carbocycles. The number of hydrogen-bond donors (Lipinski definition) is 2. The Morgan fingerprint density at radius 1 is 1.48 bits per heavy atom. The number of pyridine rings is 1. The number of morpholine rings is 1. The van der Waals surface area contributed by atoms with Crippen LogP contribution in [0, 0.1) is 5.92 Å². The Bertz CT molecular complexity index is 457. The number of nitrogens with one attached hydrogen (secondary N) is 1. The maximum atomic E-state index is 12.0. The SMILES string of the molecule is CC[C@H](C)[C@H](N)C(=O)Nc1ccc(N2CCOCC2)nc1. The third-order valence-electron chi connectivity index (χ3n) is 3.91. The molecule has 0 spiro atoms.